The molecule has 7 nitrogen and oxygen atoms in total. The number of fused-ring (bicyclic) bond motifs is 1. The number of hydrogen-bond acceptors (Lipinski definition) is 6. The number of carboxylic acids is 1. The van der Waals surface area contributed by atoms with Gasteiger partial charge in [-0.15, -0.1) is 11.3 Å². The molecule has 1 saturated heterocycles. The first-order chi connectivity index (χ1) is 12.4. The number of thiophene rings is 1. The Labute approximate surface area is 156 Å². The molecular formula is C18H24N4O3S. The Bertz CT molecular complexity index is 827. The van der Waals surface area contributed by atoms with Gasteiger partial charge in [-0.25, -0.2) is 9.97 Å². The number of carbonyl (C=O) groups excluding carboxylic acids is 1. The third kappa shape index (κ3) is 3.65. The summed E-state index contributed by atoms with van der Waals surface area (Å²) < 4.78 is 0. The van der Waals surface area contributed by atoms with Gasteiger partial charge in [-0.3, -0.25) is 9.59 Å². The van der Waals surface area contributed by atoms with Crippen molar-refractivity contribution in [3.05, 3.63) is 16.8 Å². The zero-order valence-corrected chi connectivity index (χ0v) is 16.2. The summed E-state index contributed by atoms with van der Waals surface area (Å²) >= 11 is 1.69. The topological polar surface area (TPSA) is 86.6 Å². The van der Waals surface area contributed by atoms with Crippen molar-refractivity contribution in [2.75, 3.05) is 31.6 Å². The van der Waals surface area contributed by atoms with Crippen LogP contribution in [-0.4, -0.2) is 58.5 Å². The van der Waals surface area contributed by atoms with Crippen LogP contribution in [0.2, 0.25) is 0 Å². The monoisotopic (exact) mass is 376 g/mol. The molecule has 0 aliphatic carbocycles. The summed E-state index contributed by atoms with van der Waals surface area (Å²) in [6, 6.07) is 0. The first kappa shape index (κ1) is 18.6. The smallest absolute Gasteiger partial charge is 0.305 e. The second kappa shape index (κ2) is 7.57. The van der Waals surface area contributed by atoms with Crippen LogP contribution >= 0.6 is 11.3 Å². The van der Waals surface area contributed by atoms with E-state index in [4.69, 9.17) is 5.11 Å². The van der Waals surface area contributed by atoms with Gasteiger partial charge in [-0.2, -0.15) is 0 Å². The number of aryl methyl sites for hydroxylation is 2. The number of nitrogens with zero attached hydrogens (tertiary/aromatic N) is 4. The fourth-order valence-electron chi connectivity index (χ4n) is 3.43. The number of carboxylic acid groups (broad SMARTS) is 1. The summed E-state index contributed by atoms with van der Waals surface area (Å²) in [6.45, 7) is 6.00. The normalized spacial score (nSPS) is 15.4. The van der Waals surface area contributed by atoms with Crippen LogP contribution in [-0.2, 0) is 9.59 Å². The number of rotatable bonds is 5. The predicted molar refractivity (Wildman–Crippen MR) is 102 cm³/mol. The second-order valence-electron chi connectivity index (χ2n) is 6.83. The lowest BCUT2D eigenvalue weighted by atomic mass is 9.95. The number of anilines is 1. The van der Waals surface area contributed by atoms with Gasteiger partial charge in [0.05, 0.1) is 11.8 Å². The highest BCUT2D eigenvalue weighted by Gasteiger charge is 2.29. The molecular weight excluding hydrogens is 352 g/mol. The molecule has 0 aromatic carbocycles. The average molecular weight is 376 g/mol. The molecule has 0 spiro atoms. The molecule has 0 radical (unpaired) electrons. The molecule has 0 saturated carbocycles. The first-order valence-corrected chi connectivity index (χ1v) is 9.62. The maximum absolute atomic E-state index is 12.5. The Morgan fingerprint density at radius 3 is 2.65 bits per heavy atom. The Hall–Kier alpha value is -2.22. The molecule has 1 N–H and O–H groups in total. The van der Waals surface area contributed by atoms with Gasteiger partial charge in [0.2, 0.25) is 5.91 Å². The van der Waals surface area contributed by atoms with Crippen molar-refractivity contribution in [3.63, 3.8) is 0 Å². The van der Waals surface area contributed by atoms with Crippen molar-refractivity contribution in [3.8, 4) is 0 Å². The standard InChI is InChI=1S/C18H24N4O3S/c1-11-12(2)26-17-15(11)16(19-10-20-17)22-8-4-13(5-9-22)18(25)21(3)7-6-14(23)24/h10,13H,4-9H2,1-3H3,(H,23,24). The molecule has 2 aromatic rings. The summed E-state index contributed by atoms with van der Waals surface area (Å²) in [7, 11) is 1.68. The number of aromatic nitrogens is 2. The minimum Gasteiger partial charge on any atom is -0.481 e. The van der Waals surface area contributed by atoms with Crippen molar-refractivity contribution in [1.82, 2.24) is 14.9 Å². The zero-order valence-electron chi connectivity index (χ0n) is 15.4. The van der Waals surface area contributed by atoms with E-state index in [0.717, 1.165) is 42.0 Å². The van der Waals surface area contributed by atoms with Crippen LogP contribution < -0.4 is 4.90 Å². The highest BCUT2D eigenvalue weighted by Crippen LogP contribution is 2.35. The zero-order chi connectivity index (χ0) is 18.8. The van der Waals surface area contributed by atoms with E-state index in [1.54, 1.807) is 29.6 Å². The lowest BCUT2D eigenvalue weighted by Gasteiger charge is -2.34. The van der Waals surface area contributed by atoms with E-state index >= 15 is 0 Å². The lowest BCUT2D eigenvalue weighted by molar-refractivity contribution is -0.139. The van der Waals surface area contributed by atoms with Gasteiger partial charge in [0.15, 0.2) is 0 Å². The van der Waals surface area contributed by atoms with Crippen LogP contribution in [0.3, 0.4) is 0 Å². The summed E-state index contributed by atoms with van der Waals surface area (Å²) in [5.41, 5.74) is 1.23. The first-order valence-electron chi connectivity index (χ1n) is 8.81. The molecule has 1 aliphatic rings. The lowest BCUT2D eigenvalue weighted by Crippen LogP contribution is -2.42. The highest BCUT2D eigenvalue weighted by atomic mass is 32.1. The molecule has 26 heavy (non-hydrogen) atoms. The quantitative estimate of drug-likeness (QED) is 0.863. The van der Waals surface area contributed by atoms with Crippen molar-refractivity contribution >= 4 is 39.2 Å². The highest BCUT2D eigenvalue weighted by molar-refractivity contribution is 7.18. The van der Waals surface area contributed by atoms with E-state index in [9.17, 15) is 9.59 Å². The fourth-order valence-corrected chi connectivity index (χ4v) is 4.42. The third-order valence-electron chi connectivity index (χ3n) is 5.13. The SMILES string of the molecule is Cc1sc2ncnc(N3CCC(C(=O)N(C)CCC(=O)O)CC3)c2c1C. The van der Waals surface area contributed by atoms with Gasteiger partial charge in [0.1, 0.15) is 17.0 Å². The van der Waals surface area contributed by atoms with Gasteiger partial charge in [0.25, 0.3) is 0 Å². The van der Waals surface area contributed by atoms with Crippen LogP contribution in [0.25, 0.3) is 10.2 Å². The van der Waals surface area contributed by atoms with Gasteiger partial charge < -0.3 is 14.9 Å². The van der Waals surface area contributed by atoms with E-state index in [-0.39, 0.29) is 24.8 Å². The molecule has 2 aromatic heterocycles. The van der Waals surface area contributed by atoms with E-state index in [1.165, 1.54) is 10.4 Å². The maximum Gasteiger partial charge on any atom is 0.305 e. The van der Waals surface area contributed by atoms with Crippen LogP contribution in [0, 0.1) is 19.8 Å². The molecule has 0 atom stereocenters. The Kier molecular flexibility index (Phi) is 5.41. The molecule has 0 bridgehead atoms. The van der Waals surface area contributed by atoms with Crippen molar-refractivity contribution < 1.29 is 14.7 Å². The third-order valence-corrected chi connectivity index (χ3v) is 6.24. The second-order valence-corrected chi connectivity index (χ2v) is 8.03. The van der Waals surface area contributed by atoms with Crippen molar-refractivity contribution in [2.24, 2.45) is 5.92 Å². The molecule has 8 heteroatoms. The summed E-state index contributed by atoms with van der Waals surface area (Å²) in [4.78, 5) is 38.2. The average Bonchev–Trinajstić information content (AvgIpc) is 2.93. The Balaban J connectivity index is 1.67. The van der Waals surface area contributed by atoms with Gasteiger partial charge in [0, 0.05) is 37.5 Å². The van der Waals surface area contributed by atoms with E-state index in [1.807, 2.05) is 0 Å². The number of hydrogen-bond donors (Lipinski definition) is 1. The summed E-state index contributed by atoms with van der Waals surface area (Å²) in [5, 5.41) is 9.89. The van der Waals surface area contributed by atoms with E-state index in [0.29, 0.717) is 0 Å². The van der Waals surface area contributed by atoms with Gasteiger partial charge in [-0.1, -0.05) is 0 Å². The number of amides is 1. The molecule has 1 amide bonds. The van der Waals surface area contributed by atoms with Crippen LogP contribution in [0.1, 0.15) is 29.7 Å². The largest absolute Gasteiger partial charge is 0.481 e. The van der Waals surface area contributed by atoms with Gasteiger partial charge >= 0.3 is 5.97 Å². The molecule has 0 unspecified atom stereocenters. The summed E-state index contributed by atoms with van der Waals surface area (Å²) in [6.07, 6.45) is 3.11. The number of carbonyl (C=O) groups is 2. The fraction of sp³-hybridized carbons (Fsp3) is 0.556. The molecule has 3 heterocycles. The minimum absolute atomic E-state index is 0.0171. The maximum atomic E-state index is 12.5. The van der Waals surface area contributed by atoms with Crippen molar-refractivity contribution in [1.29, 1.82) is 0 Å². The molecule has 140 valence electrons. The number of piperidine rings is 1. The Morgan fingerprint density at radius 1 is 1.31 bits per heavy atom. The predicted octanol–water partition coefficient (Wildman–Crippen LogP) is 2.46. The number of aliphatic carboxylic acids is 1. The molecule has 3 rings (SSSR count). The van der Waals surface area contributed by atoms with Crippen LogP contribution in [0.4, 0.5) is 5.82 Å². The van der Waals surface area contributed by atoms with Crippen LogP contribution in [0.5, 0.6) is 0 Å². The molecule has 1 fully saturated rings. The van der Waals surface area contributed by atoms with Crippen LogP contribution in [0.15, 0.2) is 6.33 Å². The van der Waals surface area contributed by atoms with Crippen molar-refractivity contribution in [2.45, 2.75) is 33.1 Å². The van der Waals surface area contributed by atoms with E-state index < -0.39 is 5.97 Å². The van der Waals surface area contributed by atoms with Gasteiger partial charge in [-0.05, 0) is 32.3 Å². The Morgan fingerprint density at radius 2 is 2.00 bits per heavy atom. The van der Waals surface area contributed by atoms with E-state index in [2.05, 4.69) is 28.7 Å². The summed E-state index contributed by atoms with van der Waals surface area (Å²) in [5.74, 6) is 0.0737. The molecule has 1 aliphatic heterocycles. The minimum atomic E-state index is -0.881.